The first-order valence-electron chi connectivity index (χ1n) is 48.4. The summed E-state index contributed by atoms with van der Waals surface area (Å²) in [4.78, 5) is 59.8. The Balaban J connectivity index is 0.000000149. The number of aromatic nitrogens is 4. The Morgan fingerprint density at radius 1 is 0.300 bits per heavy atom. The molecule has 20 nitrogen and oxygen atoms in total. The maximum Gasteiger partial charge on any atom is 0.231 e. The average molecular weight is 1880 g/mol. The summed E-state index contributed by atoms with van der Waals surface area (Å²) >= 11 is 0. The molecule has 17 rings (SSSR count). The molecule has 0 unspecified atom stereocenters. The van der Waals surface area contributed by atoms with Gasteiger partial charge in [0.15, 0.2) is 34.6 Å². The second-order valence-electron chi connectivity index (χ2n) is 37.7. The fourth-order valence-corrected chi connectivity index (χ4v) is 18.2. The van der Waals surface area contributed by atoms with Gasteiger partial charge in [0.1, 0.15) is 17.3 Å². The molecule has 0 fully saturated rings. The first-order chi connectivity index (χ1) is 67.4. The van der Waals surface area contributed by atoms with Gasteiger partial charge in [0.05, 0.1) is 14.2 Å². The van der Waals surface area contributed by atoms with Gasteiger partial charge in [-0.25, -0.2) is 4.39 Å². The van der Waals surface area contributed by atoms with Crippen LogP contribution in [0.2, 0.25) is 0 Å². The van der Waals surface area contributed by atoms with Gasteiger partial charge in [0.2, 0.25) is 6.79 Å². The second-order valence-corrected chi connectivity index (χ2v) is 37.7. The van der Waals surface area contributed by atoms with Crippen LogP contribution in [-0.4, -0.2) is 165 Å². The molecular weight excluding hydrogens is 1740 g/mol. The first-order valence-corrected chi connectivity index (χ1v) is 48.4. The fourth-order valence-electron chi connectivity index (χ4n) is 18.2. The number of anilines is 8. The number of nitrogens with one attached hydrogen (secondary N) is 4. The van der Waals surface area contributed by atoms with Crippen LogP contribution in [0, 0.1) is 61.2 Å². The molecule has 4 N–H and O–H groups in total. The average Bonchev–Trinajstić information content (AvgIpc) is 1.64. The number of rotatable bonds is 38. The number of hydrogen-bond donors (Lipinski definition) is 4. The summed E-state index contributed by atoms with van der Waals surface area (Å²) in [6.45, 7) is 26.2. The minimum Gasteiger partial charge on any atom is -0.497 e. The van der Waals surface area contributed by atoms with Gasteiger partial charge in [-0.15, -0.1) is 0 Å². The normalized spacial score (nSPS) is 11.6. The quantitative estimate of drug-likeness (QED) is 0.0268. The Labute approximate surface area is 824 Å². The molecule has 16 aromatic rings. The highest BCUT2D eigenvalue weighted by Gasteiger charge is 2.22. The number of methoxy groups -OCH3 is 2. The molecule has 726 valence electrons. The van der Waals surface area contributed by atoms with Crippen LogP contribution >= 0.6 is 0 Å². The molecule has 5 heterocycles. The van der Waals surface area contributed by atoms with E-state index in [4.69, 9.17) is 18.9 Å². The highest BCUT2D eigenvalue weighted by Crippen LogP contribution is 2.38. The lowest BCUT2D eigenvalue weighted by atomic mass is 10.0. The van der Waals surface area contributed by atoms with Gasteiger partial charge >= 0.3 is 0 Å². The lowest BCUT2D eigenvalue weighted by molar-refractivity contribution is 0.0984. The first kappa shape index (κ1) is 102. The van der Waals surface area contributed by atoms with E-state index in [-0.39, 0.29) is 42.2 Å². The third-order valence-electron chi connectivity index (χ3n) is 26.6. The second kappa shape index (κ2) is 47.3. The Morgan fingerprint density at radius 2 is 0.579 bits per heavy atom. The molecule has 4 aromatic heterocycles. The van der Waals surface area contributed by atoms with E-state index >= 15 is 0 Å². The number of nitrogens with zero attached hydrogens (tertiary/aromatic N) is 8. The third-order valence-corrected chi connectivity index (χ3v) is 26.6. The van der Waals surface area contributed by atoms with Crippen molar-refractivity contribution in [2.45, 2.75) is 133 Å². The van der Waals surface area contributed by atoms with Crippen molar-refractivity contribution in [3.63, 3.8) is 0 Å². The summed E-state index contributed by atoms with van der Waals surface area (Å²) in [6, 6.07) is 83.9. The molecule has 0 aliphatic carbocycles. The molecule has 0 radical (unpaired) electrons. The van der Waals surface area contributed by atoms with Crippen LogP contribution in [0.3, 0.4) is 0 Å². The van der Waals surface area contributed by atoms with E-state index in [2.05, 4.69) is 244 Å². The van der Waals surface area contributed by atoms with Gasteiger partial charge in [-0.3, -0.25) is 19.2 Å². The van der Waals surface area contributed by atoms with E-state index < -0.39 is 0 Å². The minimum atomic E-state index is -0.323. The largest absolute Gasteiger partial charge is 0.497 e. The zero-order valence-corrected chi connectivity index (χ0v) is 84.6. The molecule has 21 heteroatoms. The van der Waals surface area contributed by atoms with Crippen LogP contribution in [0.25, 0.3) is 43.6 Å². The third kappa shape index (κ3) is 26.2. The van der Waals surface area contributed by atoms with Crippen LogP contribution in [0.15, 0.2) is 261 Å². The number of carbonyl (C=O) groups is 4. The lowest BCUT2D eigenvalue weighted by Crippen LogP contribution is -2.15. The predicted molar refractivity (Wildman–Crippen MR) is 574 cm³/mol. The van der Waals surface area contributed by atoms with E-state index in [0.717, 1.165) is 157 Å². The highest BCUT2D eigenvalue weighted by atomic mass is 19.1. The Hall–Kier alpha value is -14.4. The number of ether oxygens (including phenoxy) is 4. The van der Waals surface area contributed by atoms with Gasteiger partial charge in [-0.05, 0) is 427 Å². The summed E-state index contributed by atoms with van der Waals surface area (Å²) in [6.07, 6.45) is 5.72. The maximum atomic E-state index is 13.4. The van der Waals surface area contributed by atoms with Crippen molar-refractivity contribution in [1.82, 2.24) is 37.9 Å². The molecule has 1 aliphatic rings. The van der Waals surface area contributed by atoms with Crippen molar-refractivity contribution in [2.24, 2.45) is 0 Å². The molecule has 0 saturated carbocycles. The lowest BCUT2D eigenvalue weighted by Gasteiger charge is -2.12. The van der Waals surface area contributed by atoms with Crippen LogP contribution in [-0.2, 0) is 51.9 Å². The zero-order valence-electron chi connectivity index (χ0n) is 84.6. The number of halogens is 1. The highest BCUT2D eigenvalue weighted by molar-refractivity contribution is 6.01. The number of aryl methyl sites for hydroxylation is 8. The molecular formula is C119H135FN12O8. The molecule has 0 saturated heterocycles. The van der Waals surface area contributed by atoms with E-state index in [1.807, 2.05) is 164 Å². The fraction of sp³-hybridized carbons (Fsp3) is 0.294. The SMILES string of the molecule is COc1ccc(CC(=O)c2ccc(Nc3ccc4c(c3)c(C)c(C)n4CCCN(C)C)cc2)cc1.COc1cccc(CC(=O)c2ccc(Nc3ccc4c(c3)c(C)c(C)n4CCCN(C)C)cc2)c1.Cc1c(C)n(CCCN(C)C)c2ccc(Nc3ccc(C(=O)Cc4ccc5c(c4)OCO5)cc3)cc12.Cc1c(C)n(CCCN(C)C)c2ccc(Nc3ccc(C(=O)Cc4cccc(F)c4)cc3)cc12. The van der Waals surface area contributed by atoms with Gasteiger partial charge < -0.3 is 78.1 Å². The van der Waals surface area contributed by atoms with Gasteiger partial charge in [-0.2, -0.15) is 0 Å². The molecule has 12 aromatic carbocycles. The van der Waals surface area contributed by atoms with E-state index in [1.165, 1.54) is 101 Å². The Bertz CT molecular complexity index is 7010. The summed E-state index contributed by atoms with van der Waals surface area (Å²) < 4.78 is 44.3. The maximum absolute atomic E-state index is 13.4. The number of carbonyl (C=O) groups excluding carboxylic acids is 4. The number of fused-ring (bicyclic) bond motifs is 5. The van der Waals surface area contributed by atoms with Crippen molar-refractivity contribution >= 4 is 112 Å². The molecule has 0 atom stereocenters. The molecule has 1 aliphatic heterocycles. The summed E-state index contributed by atoms with van der Waals surface area (Å²) in [7, 11) is 20.2. The summed E-state index contributed by atoms with van der Waals surface area (Å²) in [5, 5.41) is 19.0. The van der Waals surface area contributed by atoms with Gasteiger partial charge in [0.25, 0.3) is 0 Å². The Kier molecular flexibility index (Phi) is 34.3. The zero-order chi connectivity index (χ0) is 99.4. The van der Waals surface area contributed by atoms with Gasteiger partial charge in [-0.1, -0.05) is 42.5 Å². The van der Waals surface area contributed by atoms with Crippen LogP contribution in [0.4, 0.5) is 49.9 Å². The van der Waals surface area contributed by atoms with Crippen molar-refractivity contribution in [1.29, 1.82) is 0 Å². The number of ketones is 4. The van der Waals surface area contributed by atoms with Crippen LogP contribution in [0.5, 0.6) is 23.0 Å². The standard InChI is InChI=1S/C30H33N3O3.2C30H35N3O2.C29H32FN3O/c1-20-21(2)33(15-5-14-32(3)4)27-12-11-25(18-26(20)27)31-24-9-7-23(8-10-24)28(34)16-22-6-13-29-30(17-22)36-19-35-29;1-21-22(2)33(18-6-17-32(3)4)29-16-13-26(20-28(21)29)31-25-11-9-24(10-12-25)30(34)19-23-7-14-27(35-5)15-8-23;1-21-22(2)33(17-7-16-32(3)4)29-15-14-26(20-28(21)29)31-25-12-10-24(11-13-25)30(34)19-23-8-6-9-27(18-23)35-5;1-20-21(2)33(16-6-15-32(3)4)28-14-13-26(19-27(20)28)31-25-11-9-23(10-12-25)29(34)18-22-7-5-8-24(30)17-22/h6-13,17-18,31H,5,14-16,19H2,1-4H3;7-16,20,31H,6,17-19H2,1-5H3;6,8-15,18,20,31H,7,16-17,19H2,1-5H3;5,7-14,17,19,31H,6,15-16,18H2,1-4H3. The van der Waals surface area contributed by atoms with Gasteiger partial charge in [0, 0.05) is 186 Å². The summed E-state index contributed by atoms with van der Waals surface area (Å²) in [5.74, 6) is 2.90. The number of benzene rings is 12. The number of Topliss-reactive ketones (excluding diaryl/α,β-unsaturated/α-hetero) is 4. The van der Waals surface area contributed by atoms with E-state index in [9.17, 15) is 23.6 Å². The smallest absolute Gasteiger partial charge is 0.231 e. The molecule has 0 spiro atoms. The van der Waals surface area contributed by atoms with Crippen LogP contribution < -0.4 is 40.2 Å². The van der Waals surface area contributed by atoms with Crippen molar-refractivity contribution in [2.75, 3.05) is 125 Å². The minimum absolute atomic E-state index is 0.0275. The molecule has 0 bridgehead atoms. The monoisotopic (exact) mass is 1880 g/mol. The molecule has 0 amide bonds. The number of hydrogen-bond acceptors (Lipinski definition) is 16. The molecule has 140 heavy (non-hydrogen) atoms. The van der Waals surface area contributed by atoms with E-state index in [1.54, 1.807) is 26.4 Å². The van der Waals surface area contributed by atoms with Crippen molar-refractivity contribution in [3.05, 3.63) is 356 Å². The summed E-state index contributed by atoms with van der Waals surface area (Å²) in [5.41, 5.74) is 29.9. The van der Waals surface area contributed by atoms with Crippen LogP contribution in [0.1, 0.15) is 134 Å². The topological polar surface area (TPSA) is 186 Å². The van der Waals surface area contributed by atoms with Crippen molar-refractivity contribution < 1.29 is 42.5 Å². The van der Waals surface area contributed by atoms with E-state index in [0.29, 0.717) is 52.8 Å². The predicted octanol–water partition coefficient (Wildman–Crippen LogP) is 25.4. The van der Waals surface area contributed by atoms with Crippen molar-refractivity contribution in [3.8, 4) is 23.0 Å². The Morgan fingerprint density at radius 3 is 0.886 bits per heavy atom.